The molecular weight excluding hydrogens is 258 g/mol. The molecule has 14 heavy (non-hydrogen) atoms. The maximum atomic E-state index is 12.4. The first-order chi connectivity index (χ1) is 6.60. The van der Waals surface area contributed by atoms with Gasteiger partial charge in [-0.3, -0.25) is 4.79 Å². The van der Waals surface area contributed by atoms with Gasteiger partial charge < -0.3 is 0 Å². The minimum atomic E-state index is -2.80. The van der Waals surface area contributed by atoms with Gasteiger partial charge in [-0.1, -0.05) is 0 Å². The molecule has 1 aromatic rings. The van der Waals surface area contributed by atoms with E-state index < -0.39 is 12.0 Å². The van der Waals surface area contributed by atoms with Crippen LogP contribution in [0.5, 0.6) is 0 Å². The number of carbonyl (C=O) groups is 1. The Kier molecular flexibility index (Phi) is 3.25. The van der Waals surface area contributed by atoms with E-state index in [0.29, 0.717) is 0 Å². The first-order valence-corrected chi connectivity index (χ1v) is 4.23. The van der Waals surface area contributed by atoms with E-state index in [-0.39, 0.29) is 22.1 Å². The van der Waals surface area contributed by atoms with Gasteiger partial charge in [0, 0.05) is 5.56 Å². The number of carbonyl (C=O) groups excluding carboxylic acids is 1. The van der Waals surface area contributed by atoms with Crippen molar-refractivity contribution in [2.24, 2.45) is 0 Å². The van der Waals surface area contributed by atoms with Crippen LogP contribution in [0.25, 0.3) is 0 Å². The summed E-state index contributed by atoms with van der Waals surface area (Å²) in [6.07, 6.45) is -2.60. The third-order valence-corrected chi connectivity index (χ3v) is 1.92. The first kappa shape index (κ1) is 10.7. The summed E-state index contributed by atoms with van der Waals surface area (Å²) >= 11 is 2.87. The molecule has 6 heteroatoms. The number of halogens is 3. The molecule has 0 aliphatic heterocycles. The van der Waals surface area contributed by atoms with Crippen LogP contribution in [-0.2, 0) is 0 Å². The Balaban J connectivity index is 3.49. The Morgan fingerprint density at radius 3 is 2.71 bits per heavy atom. The molecule has 0 saturated carbocycles. The Bertz CT molecular complexity index is 415. The second-order valence-electron chi connectivity index (χ2n) is 2.33. The summed E-state index contributed by atoms with van der Waals surface area (Å²) < 4.78 is 24.9. The number of aromatic nitrogens is 1. The molecule has 3 nitrogen and oxygen atoms in total. The maximum absolute atomic E-state index is 12.4. The smallest absolute Gasteiger partial charge is 0.264 e. The normalized spacial score (nSPS) is 9.93. The van der Waals surface area contributed by atoms with Crippen LogP contribution in [0.3, 0.4) is 0 Å². The lowest BCUT2D eigenvalue weighted by Crippen LogP contribution is -2.00. The highest BCUT2D eigenvalue weighted by Gasteiger charge is 2.18. The molecule has 0 N–H and O–H groups in total. The zero-order valence-electron chi connectivity index (χ0n) is 6.67. The van der Waals surface area contributed by atoms with Gasteiger partial charge in [0.15, 0.2) is 12.0 Å². The van der Waals surface area contributed by atoms with Gasteiger partial charge in [-0.05, 0) is 22.0 Å². The van der Waals surface area contributed by atoms with Gasteiger partial charge >= 0.3 is 0 Å². The van der Waals surface area contributed by atoms with E-state index in [1.54, 1.807) is 6.07 Å². The largest absolute Gasteiger partial charge is 0.298 e. The molecule has 0 aliphatic rings. The Morgan fingerprint density at radius 1 is 1.64 bits per heavy atom. The van der Waals surface area contributed by atoms with Gasteiger partial charge in [0.2, 0.25) is 0 Å². The van der Waals surface area contributed by atoms with Crippen molar-refractivity contribution in [2.75, 3.05) is 0 Å². The molecule has 1 heterocycles. The second kappa shape index (κ2) is 4.24. The second-order valence-corrected chi connectivity index (χ2v) is 3.14. The monoisotopic (exact) mass is 260 g/mol. The van der Waals surface area contributed by atoms with Crippen LogP contribution in [-0.4, -0.2) is 11.3 Å². The molecule has 0 radical (unpaired) electrons. The molecule has 0 saturated heterocycles. The van der Waals surface area contributed by atoms with E-state index in [1.165, 1.54) is 0 Å². The zero-order valence-corrected chi connectivity index (χ0v) is 8.25. The number of aldehydes is 1. The fraction of sp³-hybridized carbons (Fsp3) is 0.125. The number of hydrogen-bond donors (Lipinski definition) is 0. The molecule has 1 aromatic heterocycles. The van der Waals surface area contributed by atoms with Crippen molar-refractivity contribution >= 4 is 22.2 Å². The van der Waals surface area contributed by atoms with Crippen molar-refractivity contribution in [3.8, 4) is 6.07 Å². The summed E-state index contributed by atoms with van der Waals surface area (Å²) in [4.78, 5) is 14.1. The van der Waals surface area contributed by atoms with Crippen LogP contribution < -0.4 is 0 Å². The Labute approximate surface area is 86.5 Å². The fourth-order valence-corrected chi connectivity index (χ4v) is 1.36. The summed E-state index contributed by atoms with van der Waals surface area (Å²) in [6, 6.07) is 2.60. The summed E-state index contributed by atoms with van der Waals surface area (Å²) in [7, 11) is 0. The van der Waals surface area contributed by atoms with Crippen LogP contribution in [0.4, 0.5) is 8.78 Å². The average molecular weight is 261 g/mol. The van der Waals surface area contributed by atoms with E-state index in [1.807, 2.05) is 0 Å². The number of nitrogens with zero attached hydrogens (tertiary/aromatic N) is 2. The van der Waals surface area contributed by atoms with E-state index in [0.717, 1.165) is 6.07 Å². The zero-order chi connectivity index (χ0) is 10.7. The summed E-state index contributed by atoms with van der Waals surface area (Å²) in [5.41, 5.74) is -1.14. The van der Waals surface area contributed by atoms with Gasteiger partial charge in [-0.15, -0.1) is 0 Å². The van der Waals surface area contributed by atoms with Crippen molar-refractivity contribution in [2.45, 2.75) is 6.43 Å². The van der Waals surface area contributed by atoms with E-state index in [9.17, 15) is 13.6 Å². The lowest BCUT2D eigenvalue weighted by Gasteiger charge is -2.04. The molecule has 0 bridgehead atoms. The topological polar surface area (TPSA) is 53.8 Å². The van der Waals surface area contributed by atoms with Crippen LogP contribution in [0.15, 0.2) is 10.7 Å². The lowest BCUT2D eigenvalue weighted by atomic mass is 10.1. The van der Waals surface area contributed by atoms with Crippen molar-refractivity contribution in [3.05, 3.63) is 27.5 Å². The molecule has 0 aromatic carbocycles. The van der Waals surface area contributed by atoms with E-state index in [2.05, 4.69) is 20.9 Å². The van der Waals surface area contributed by atoms with Gasteiger partial charge in [0.05, 0.1) is 5.56 Å². The fourth-order valence-electron chi connectivity index (χ4n) is 0.932. The van der Waals surface area contributed by atoms with Gasteiger partial charge in [0.1, 0.15) is 10.7 Å². The predicted octanol–water partition coefficient (Wildman–Crippen LogP) is 2.47. The van der Waals surface area contributed by atoms with Gasteiger partial charge in [-0.25, -0.2) is 13.8 Å². The number of hydrogen-bond acceptors (Lipinski definition) is 3. The molecule has 72 valence electrons. The maximum Gasteiger partial charge on any atom is 0.264 e. The number of alkyl halides is 2. The molecule has 0 unspecified atom stereocenters. The number of nitriles is 1. The minimum Gasteiger partial charge on any atom is -0.298 e. The highest BCUT2D eigenvalue weighted by Crippen LogP contribution is 2.25. The average Bonchev–Trinajstić information content (AvgIpc) is 2.16. The number of pyridine rings is 1. The molecule has 0 amide bonds. The number of rotatable bonds is 2. The van der Waals surface area contributed by atoms with Crippen molar-refractivity contribution in [1.82, 2.24) is 4.98 Å². The molecule has 0 spiro atoms. The summed E-state index contributed by atoms with van der Waals surface area (Å²) in [5, 5.41) is 8.54. The Morgan fingerprint density at radius 2 is 2.29 bits per heavy atom. The molecule has 1 rings (SSSR count). The van der Waals surface area contributed by atoms with Crippen molar-refractivity contribution < 1.29 is 13.6 Å². The SMILES string of the molecule is N#Cc1nc(Br)cc(C(F)F)c1C=O. The van der Waals surface area contributed by atoms with Crippen molar-refractivity contribution in [1.29, 1.82) is 5.26 Å². The Hall–Kier alpha value is -1.35. The summed E-state index contributed by atoms with van der Waals surface area (Å²) in [6.45, 7) is 0. The van der Waals surface area contributed by atoms with Gasteiger partial charge in [0.25, 0.3) is 6.43 Å². The lowest BCUT2D eigenvalue weighted by molar-refractivity contribution is 0.110. The minimum absolute atomic E-state index is 0.106. The van der Waals surface area contributed by atoms with E-state index in [4.69, 9.17) is 5.26 Å². The third-order valence-electron chi connectivity index (χ3n) is 1.52. The molecule has 0 aliphatic carbocycles. The highest BCUT2D eigenvalue weighted by atomic mass is 79.9. The van der Waals surface area contributed by atoms with Crippen LogP contribution in [0.1, 0.15) is 28.0 Å². The van der Waals surface area contributed by atoms with Crippen LogP contribution >= 0.6 is 15.9 Å². The van der Waals surface area contributed by atoms with E-state index >= 15 is 0 Å². The van der Waals surface area contributed by atoms with Crippen LogP contribution in [0.2, 0.25) is 0 Å². The standard InChI is InChI=1S/C8H3BrF2N2O/c9-7-1-4(8(10)11)5(3-14)6(2-12)13-7/h1,3,8H. The molecule has 0 atom stereocenters. The van der Waals surface area contributed by atoms with Crippen LogP contribution in [0, 0.1) is 11.3 Å². The molecule has 0 fully saturated rings. The van der Waals surface area contributed by atoms with Gasteiger partial charge in [-0.2, -0.15) is 5.26 Å². The third kappa shape index (κ3) is 1.93. The quantitative estimate of drug-likeness (QED) is 0.607. The summed E-state index contributed by atoms with van der Waals surface area (Å²) in [5.74, 6) is 0. The van der Waals surface area contributed by atoms with Crippen molar-refractivity contribution in [3.63, 3.8) is 0 Å². The predicted molar refractivity (Wildman–Crippen MR) is 47.0 cm³/mol. The molecular formula is C8H3BrF2N2O. The highest BCUT2D eigenvalue weighted by molar-refractivity contribution is 9.10. The first-order valence-electron chi connectivity index (χ1n) is 3.44.